The van der Waals surface area contributed by atoms with Crippen LogP contribution in [0.15, 0.2) is 0 Å². The van der Waals surface area contributed by atoms with Crippen molar-refractivity contribution in [2.24, 2.45) is 0 Å². The lowest BCUT2D eigenvalue weighted by Crippen LogP contribution is -2.34. The highest BCUT2D eigenvalue weighted by Crippen LogP contribution is 2.00. The van der Waals surface area contributed by atoms with Gasteiger partial charge in [-0.15, -0.1) is 0 Å². The van der Waals surface area contributed by atoms with Crippen LogP contribution in [0.1, 0.15) is 13.8 Å². The van der Waals surface area contributed by atoms with Crippen LogP contribution in [0.3, 0.4) is 0 Å². The molecule has 2 N–H and O–H groups in total. The van der Waals surface area contributed by atoms with Crippen LogP contribution in [0.5, 0.6) is 0 Å². The fourth-order valence-corrected chi connectivity index (χ4v) is 0.368. The van der Waals surface area contributed by atoms with Crippen molar-refractivity contribution in [1.82, 2.24) is 0 Å². The van der Waals surface area contributed by atoms with Gasteiger partial charge in [-0.1, -0.05) is 0 Å². The summed E-state index contributed by atoms with van der Waals surface area (Å²) in [4.78, 5) is 0. The van der Waals surface area contributed by atoms with Gasteiger partial charge in [-0.3, -0.25) is 0 Å². The normalized spacial score (nSPS) is 17.3. The molecule has 0 spiro atoms. The third kappa shape index (κ3) is 4.39. The van der Waals surface area contributed by atoms with E-state index in [9.17, 15) is 0 Å². The van der Waals surface area contributed by atoms with Crippen molar-refractivity contribution in [3.8, 4) is 0 Å². The minimum atomic E-state index is -1.07. The third-order valence-electron chi connectivity index (χ3n) is 0.958. The Bertz CT molecular complexity index is 70.7. The van der Waals surface area contributed by atoms with E-state index >= 15 is 0 Å². The summed E-state index contributed by atoms with van der Waals surface area (Å²) < 4.78 is 4.88. The topological polar surface area (TPSA) is 49.7 Å². The Balaban J connectivity index is 3.33. The fourth-order valence-electron chi connectivity index (χ4n) is 0.368. The summed E-state index contributed by atoms with van der Waals surface area (Å²) in [7, 11) is 0. The van der Waals surface area contributed by atoms with E-state index in [1.54, 1.807) is 0 Å². The number of ether oxygens (including phenoxy) is 1. The highest BCUT2D eigenvalue weighted by Gasteiger charge is 2.17. The zero-order valence-corrected chi connectivity index (χ0v) is 5.92. The van der Waals surface area contributed by atoms with Crippen LogP contribution in [0.25, 0.3) is 0 Å². The highest BCUT2D eigenvalue weighted by molar-refractivity contribution is 4.68. The SMILES string of the molecule is CCOCC(C)(O)CO. The number of hydrogen-bond donors (Lipinski definition) is 2. The molecule has 0 rings (SSSR count). The molecule has 0 saturated carbocycles. The van der Waals surface area contributed by atoms with Gasteiger partial charge < -0.3 is 14.9 Å². The van der Waals surface area contributed by atoms with E-state index in [0.29, 0.717) is 6.61 Å². The van der Waals surface area contributed by atoms with Gasteiger partial charge in [-0.25, -0.2) is 0 Å². The summed E-state index contributed by atoms with van der Waals surface area (Å²) in [6.07, 6.45) is 0. The Labute approximate surface area is 55.3 Å². The molecule has 3 nitrogen and oxygen atoms in total. The number of hydrogen-bond acceptors (Lipinski definition) is 3. The molecule has 1 atom stereocenters. The second-order valence-corrected chi connectivity index (χ2v) is 2.29. The summed E-state index contributed by atoms with van der Waals surface area (Å²) in [6.45, 7) is 3.87. The molecule has 0 amide bonds. The Morgan fingerprint density at radius 2 is 2.11 bits per heavy atom. The van der Waals surface area contributed by atoms with Crippen LogP contribution in [-0.4, -0.2) is 35.6 Å². The zero-order valence-electron chi connectivity index (χ0n) is 5.92. The lowest BCUT2D eigenvalue weighted by molar-refractivity contribution is -0.0626. The Morgan fingerprint density at radius 1 is 1.56 bits per heavy atom. The predicted molar refractivity (Wildman–Crippen MR) is 34.2 cm³/mol. The maximum Gasteiger partial charge on any atom is 0.108 e. The van der Waals surface area contributed by atoms with Gasteiger partial charge >= 0.3 is 0 Å². The number of rotatable bonds is 4. The first kappa shape index (κ1) is 8.88. The van der Waals surface area contributed by atoms with Crippen LogP contribution < -0.4 is 0 Å². The summed E-state index contributed by atoms with van der Waals surface area (Å²) >= 11 is 0. The fraction of sp³-hybridized carbons (Fsp3) is 1.00. The molecule has 0 aliphatic heterocycles. The van der Waals surface area contributed by atoms with Crippen molar-refractivity contribution in [1.29, 1.82) is 0 Å². The molecule has 0 aromatic heterocycles. The summed E-state index contributed by atoms with van der Waals surface area (Å²) in [5.41, 5.74) is -1.07. The summed E-state index contributed by atoms with van der Waals surface area (Å²) in [5.74, 6) is 0. The van der Waals surface area contributed by atoms with Gasteiger partial charge in [0.15, 0.2) is 0 Å². The van der Waals surface area contributed by atoms with Gasteiger partial charge in [0.1, 0.15) is 5.60 Å². The molecular weight excluding hydrogens is 120 g/mol. The number of aliphatic hydroxyl groups is 2. The van der Waals surface area contributed by atoms with Gasteiger partial charge in [0.25, 0.3) is 0 Å². The zero-order chi connectivity index (χ0) is 7.33. The standard InChI is InChI=1S/C6H14O3/c1-3-9-5-6(2,8)4-7/h7-8H,3-5H2,1-2H3. The highest BCUT2D eigenvalue weighted by atomic mass is 16.5. The van der Waals surface area contributed by atoms with Gasteiger partial charge in [-0.05, 0) is 13.8 Å². The first-order chi connectivity index (χ1) is 4.12. The second kappa shape index (κ2) is 3.82. The Kier molecular flexibility index (Phi) is 3.77. The largest absolute Gasteiger partial charge is 0.393 e. The first-order valence-corrected chi connectivity index (χ1v) is 3.03. The van der Waals surface area contributed by atoms with Crippen LogP contribution in [-0.2, 0) is 4.74 Å². The van der Waals surface area contributed by atoms with Crippen molar-refractivity contribution >= 4 is 0 Å². The van der Waals surface area contributed by atoms with Crippen LogP contribution in [0.4, 0.5) is 0 Å². The van der Waals surface area contributed by atoms with E-state index in [1.165, 1.54) is 6.92 Å². The van der Waals surface area contributed by atoms with Crippen molar-refractivity contribution in [2.45, 2.75) is 19.4 Å². The maximum absolute atomic E-state index is 9.08. The van der Waals surface area contributed by atoms with E-state index < -0.39 is 5.60 Å². The van der Waals surface area contributed by atoms with E-state index in [1.807, 2.05) is 6.92 Å². The third-order valence-corrected chi connectivity index (χ3v) is 0.958. The molecule has 0 bridgehead atoms. The first-order valence-electron chi connectivity index (χ1n) is 3.03. The molecule has 0 aliphatic rings. The average molecular weight is 134 g/mol. The quantitative estimate of drug-likeness (QED) is 0.558. The maximum atomic E-state index is 9.08. The molecule has 3 heteroatoms. The molecule has 9 heavy (non-hydrogen) atoms. The van der Waals surface area contributed by atoms with Gasteiger partial charge in [-0.2, -0.15) is 0 Å². The summed E-state index contributed by atoms with van der Waals surface area (Å²) in [6, 6.07) is 0. The Morgan fingerprint density at radius 3 is 2.44 bits per heavy atom. The van der Waals surface area contributed by atoms with E-state index in [2.05, 4.69) is 0 Å². The molecular formula is C6H14O3. The van der Waals surface area contributed by atoms with Crippen molar-refractivity contribution in [3.63, 3.8) is 0 Å². The van der Waals surface area contributed by atoms with Crippen molar-refractivity contribution in [3.05, 3.63) is 0 Å². The molecule has 0 aliphatic carbocycles. The minimum absolute atomic E-state index is 0.194. The molecule has 0 aromatic rings. The van der Waals surface area contributed by atoms with Crippen molar-refractivity contribution in [2.75, 3.05) is 19.8 Å². The Hall–Kier alpha value is -0.120. The van der Waals surface area contributed by atoms with Gasteiger partial charge in [0, 0.05) is 6.61 Å². The monoisotopic (exact) mass is 134 g/mol. The molecule has 1 unspecified atom stereocenters. The van der Waals surface area contributed by atoms with Crippen LogP contribution in [0, 0.1) is 0 Å². The van der Waals surface area contributed by atoms with E-state index in [4.69, 9.17) is 14.9 Å². The smallest absolute Gasteiger partial charge is 0.108 e. The average Bonchev–Trinajstić information content (AvgIpc) is 1.84. The van der Waals surface area contributed by atoms with E-state index in [0.717, 1.165) is 0 Å². The number of aliphatic hydroxyl groups excluding tert-OH is 1. The predicted octanol–water partition coefficient (Wildman–Crippen LogP) is -0.234. The molecule has 0 radical (unpaired) electrons. The molecule has 0 heterocycles. The molecule has 0 saturated heterocycles. The minimum Gasteiger partial charge on any atom is -0.393 e. The van der Waals surface area contributed by atoms with Crippen LogP contribution in [0.2, 0.25) is 0 Å². The second-order valence-electron chi connectivity index (χ2n) is 2.29. The molecule has 0 aromatic carbocycles. The van der Waals surface area contributed by atoms with Gasteiger partial charge in [0.2, 0.25) is 0 Å². The van der Waals surface area contributed by atoms with Crippen LogP contribution >= 0.6 is 0 Å². The lowest BCUT2D eigenvalue weighted by Gasteiger charge is -2.18. The van der Waals surface area contributed by atoms with Gasteiger partial charge in [0.05, 0.1) is 13.2 Å². The summed E-state index contributed by atoms with van der Waals surface area (Å²) in [5, 5.41) is 17.6. The van der Waals surface area contributed by atoms with Crippen molar-refractivity contribution < 1.29 is 14.9 Å². The molecule has 0 fully saturated rings. The lowest BCUT2D eigenvalue weighted by atomic mass is 10.1. The van der Waals surface area contributed by atoms with E-state index in [-0.39, 0.29) is 13.2 Å². The molecule has 56 valence electrons.